The van der Waals surface area contributed by atoms with Crippen molar-refractivity contribution in [2.24, 2.45) is 0 Å². The molecule has 1 aliphatic rings. The molecule has 1 atom stereocenters. The fraction of sp³-hybridized carbons (Fsp3) is 0.500. The van der Waals surface area contributed by atoms with E-state index < -0.39 is 0 Å². The molecule has 0 amide bonds. The molecule has 0 bridgehead atoms. The maximum atomic E-state index is 4.72. The lowest BCUT2D eigenvalue weighted by Gasteiger charge is -2.35. The van der Waals surface area contributed by atoms with Crippen LogP contribution in [0.1, 0.15) is 38.3 Å². The van der Waals surface area contributed by atoms with Crippen molar-refractivity contribution in [3.63, 3.8) is 0 Å². The normalized spacial score (nSPS) is 19.3. The van der Waals surface area contributed by atoms with Crippen LogP contribution < -0.4 is 5.32 Å². The zero-order chi connectivity index (χ0) is 15.4. The van der Waals surface area contributed by atoms with E-state index in [9.17, 15) is 0 Å². The lowest BCUT2D eigenvalue weighted by molar-refractivity contribution is 0.166. The van der Waals surface area contributed by atoms with Gasteiger partial charge in [0.15, 0.2) is 0 Å². The molecule has 1 aliphatic heterocycles. The first-order chi connectivity index (χ1) is 10.7. The van der Waals surface area contributed by atoms with E-state index in [0.717, 1.165) is 18.1 Å². The van der Waals surface area contributed by atoms with Gasteiger partial charge < -0.3 is 10.2 Å². The summed E-state index contributed by atoms with van der Waals surface area (Å²) in [5, 5.41) is 3.16. The Bertz CT molecular complexity index is 601. The molecule has 6 heteroatoms. The van der Waals surface area contributed by atoms with Crippen LogP contribution in [0.2, 0.25) is 0 Å². The molecule has 0 saturated carbocycles. The zero-order valence-electron chi connectivity index (χ0n) is 13.1. The third kappa shape index (κ3) is 3.57. The fourth-order valence-electron chi connectivity index (χ4n) is 2.85. The van der Waals surface area contributed by atoms with Crippen molar-refractivity contribution in [1.82, 2.24) is 24.8 Å². The standard InChI is InChI=1S/C16H22N6/c1-12(2)22-7-3-4-13(11-22)14-8-18-10-16(20-14)21-15-9-17-5-6-19-15/h5-6,8-10,12-13H,3-4,7,11H2,1-2H3,(H,19,20,21)/t13-/m0/s1. The van der Waals surface area contributed by atoms with Crippen molar-refractivity contribution in [3.05, 3.63) is 36.7 Å². The van der Waals surface area contributed by atoms with Gasteiger partial charge in [-0.2, -0.15) is 0 Å². The van der Waals surface area contributed by atoms with Gasteiger partial charge in [-0.05, 0) is 33.2 Å². The summed E-state index contributed by atoms with van der Waals surface area (Å²) in [4.78, 5) is 19.8. The number of nitrogens with zero attached hydrogens (tertiary/aromatic N) is 5. The molecule has 0 aromatic carbocycles. The van der Waals surface area contributed by atoms with E-state index in [1.165, 1.54) is 19.4 Å². The van der Waals surface area contributed by atoms with Crippen molar-refractivity contribution in [1.29, 1.82) is 0 Å². The van der Waals surface area contributed by atoms with Gasteiger partial charge in [0.2, 0.25) is 0 Å². The molecular formula is C16H22N6. The van der Waals surface area contributed by atoms with Gasteiger partial charge in [0.25, 0.3) is 0 Å². The molecule has 3 heterocycles. The van der Waals surface area contributed by atoms with Crippen molar-refractivity contribution < 1.29 is 0 Å². The zero-order valence-corrected chi connectivity index (χ0v) is 13.1. The highest BCUT2D eigenvalue weighted by Crippen LogP contribution is 2.27. The monoisotopic (exact) mass is 298 g/mol. The quantitative estimate of drug-likeness (QED) is 0.936. The molecule has 0 unspecified atom stereocenters. The van der Waals surface area contributed by atoms with Crippen molar-refractivity contribution in [2.75, 3.05) is 18.4 Å². The Morgan fingerprint density at radius 1 is 1.14 bits per heavy atom. The minimum atomic E-state index is 0.451. The average Bonchev–Trinajstić information content (AvgIpc) is 2.56. The molecule has 0 radical (unpaired) electrons. The summed E-state index contributed by atoms with van der Waals surface area (Å²) in [6.45, 7) is 6.74. The highest BCUT2D eigenvalue weighted by molar-refractivity contribution is 5.48. The first-order valence-electron chi connectivity index (χ1n) is 7.81. The predicted octanol–water partition coefficient (Wildman–Crippen LogP) is 2.60. The Morgan fingerprint density at radius 2 is 2.00 bits per heavy atom. The summed E-state index contributed by atoms with van der Waals surface area (Å²) in [6, 6.07) is 0.580. The topological polar surface area (TPSA) is 66.8 Å². The number of aromatic nitrogens is 4. The van der Waals surface area contributed by atoms with Crippen LogP contribution >= 0.6 is 0 Å². The molecule has 22 heavy (non-hydrogen) atoms. The molecule has 116 valence electrons. The van der Waals surface area contributed by atoms with E-state index in [4.69, 9.17) is 4.98 Å². The van der Waals surface area contributed by atoms with Crippen LogP contribution in [0.5, 0.6) is 0 Å². The fourth-order valence-corrected chi connectivity index (χ4v) is 2.85. The summed E-state index contributed by atoms with van der Waals surface area (Å²) in [6.07, 6.45) is 11.0. The van der Waals surface area contributed by atoms with Gasteiger partial charge in [-0.1, -0.05) is 0 Å². The molecular weight excluding hydrogens is 276 g/mol. The van der Waals surface area contributed by atoms with Gasteiger partial charge in [0.1, 0.15) is 11.6 Å². The van der Waals surface area contributed by atoms with Crippen LogP contribution in [0.4, 0.5) is 11.6 Å². The van der Waals surface area contributed by atoms with Crippen molar-refractivity contribution >= 4 is 11.6 Å². The van der Waals surface area contributed by atoms with Crippen molar-refractivity contribution in [3.8, 4) is 0 Å². The SMILES string of the molecule is CC(C)N1CCC[C@H](c2cncc(Nc3cnccn3)n2)C1. The third-order valence-electron chi connectivity index (χ3n) is 4.07. The molecule has 0 spiro atoms. The van der Waals surface area contributed by atoms with E-state index in [-0.39, 0.29) is 0 Å². The minimum absolute atomic E-state index is 0.451. The van der Waals surface area contributed by atoms with Crippen LogP contribution in [0.3, 0.4) is 0 Å². The summed E-state index contributed by atoms with van der Waals surface area (Å²) in [5.74, 6) is 1.85. The second-order valence-corrected chi connectivity index (χ2v) is 5.97. The first kappa shape index (κ1) is 14.8. The summed E-state index contributed by atoms with van der Waals surface area (Å²) >= 11 is 0. The number of hydrogen-bond acceptors (Lipinski definition) is 6. The van der Waals surface area contributed by atoms with Gasteiger partial charge in [0, 0.05) is 37.1 Å². The van der Waals surface area contributed by atoms with Gasteiger partial charge in [-0.15, -0.1) is 0 Å². The third-order valence-corrected chi connectivity index (χ3v) is 4.07. The van der Waals surface area contributed by atoms with Gasteiger partial charge >= 0.3 is 0 Å². The summed E-state index contributed by atoms with van der Waals surface area (Å²) in [5.41, 5.74) is 1.05. The summed E-state index contributed by atoms with van der Waals surface area (Å²) in [7, 11) is 0. The van der Waals surface area contributed by atoms with E-state index in [2.05, 4.69) is 39.0 Å². The Morgan fingerprint density at radius 3 is 2.77 bits per heavy atom. The minimum Gasteiger partial charge on any atom is -0.322 e. The Labute approximate surface area is 131 Å². The smallest absolute Gasteiger partial charge is 0.150 e. The summed E-state index contributed by atoms with van der Waals surface area (Å²) < 4.78 is 0. The highest BCUT2D eigenvalue weighted by Gasteiger charge is 2.24. The number of anilines is 2. The second kappa shape index (κ2) is 6.79. The highest BCUT2D eigenvalue weighted by atomic mass is 15.2. The molecule has 3 rings (SSSR count). The largest absolute Gasteiger partial charge is 0.322 e. The van der Waals surface area contributed by atoms with Crippen molar-refractivity contribution in [2.45, 2.75) is 38.6 Å². The van der Waals surface area contributed by atoms with Gasteiger partial charge in [0.05, 0.1) is 18.1 Å². The number of likely N-dealkylation sites (tertiary alicyclic amines) is 1. The average molecular weight is 298 g/mol. The van der Waals surface area contributed by atoms with Crippen LogP contribution in [0, 0.1) is 0 Å². The predicted molar refractivity (Wildman–Crippen MR) is 86.0 cm³/mol. The Hall–Kier alpha value is -2.08. The van der Waals surface area contributed by atoms with E-state index in [1.807, 2.05) is 6.20 Å². The number of nitrogens with one attached hydrogen (secondary N) is 1. The Kier molecular flexibility index (Phi) is 4.58. The number of hydrogen-bond donors (Lipinski definition) is 1. The lowest BCUT2D eigenvalue weighted by atomic mass is 9.94. The van der Waals surface area contributed by atoms with Gasteiger partial charge in [-0.25, -0.2) is 9.97 Å². The number of piperidine rings is 1. The van der Waals surface area contributed by atoms with Crippen LogP contribution in [-0.4, -0.2) is 44.0 Å². The molecule has 1 fully saturated rings. The maximum Gasteiger partial charge on any atom is 0.150 e. The van der Waals surface area contributed by atoms with Gasteiger partial charge in [-0.3, -0.25) is 9.97 Å². The van der Waals surface area contributed by atoms with E-state index in [0.29, 0.717) is 17.8 Å². The first-order valence-corrected chi connectivity index (χ1v) is 7.81. The molecule has 2 aromatic rings. The molecule has 2 aromatic heterocycles. The maximum absolute atomic E-state index is 4.72. The van der Waals surface area contributed by atoms with E-state index in [1.54, 1.807) is 24.8 Å². The van der Waals surface area contributed by atoms with Crippen LogP contribution in [-0.2, 0) is 0 Å². The lowest BCUT2D eigenvalue weighted by Crippen LogP contribution is -2.39. The molecule has 1 saturated heterocycles. The van der Waals surface area contributed by atoms with E-state index >= 15 is 0 Å². The Balaban J connectivity index is 1.73. The second-order valence-electron chi connectivity index (χ2n) is 5.97. The van der Waals surface area contributed by atoms with Crippen LogP contribution in [0.25, 0.3) is 0 Å². The molecule has 6 nitrogen and oxygen atoms in total. The molecule has 1 N–H and O–H groups in total. The number of rotatable bonds is 4. The van der Waals surface area contributed by atoms with Crippen LogP contribution in [0.15, 0.2) is 31.0 Å². The molecule has 0 aliphatic carbocycles.